The first-order valence-electron chi connectivity index (χ1n) is 12.9. The molecule has 0 aromatic heterocycles. The zero-order valence-corrected chi connectivity index (χ0v) is 20.1. The summed E-state index contributed by atoms with van der Waals surface area (Å²) in [4.78, 5) is 0. The molecule has 0 atom stereocenters. The Morgan fingerprint density at radius 3 is 1.32 bits per heavy atom. The second-order valence-corrected chi connectivity index (χ2v) is 10.5. The van der Waals surface area contributed by atoms with Gasteiger partial charge in [-0.25, -0.2) is 0 Å². The SMILES string of the molecule is Oc1ccc2cccc3c2c1C12c4ccccc4-c4ccccc4C31c1ccccc1-c1ccccc12. The van der Waals surface area contributed by atoms with Crippen molar-refractivity contribution < 1.29 is 5.11 Å². The molecule has 0 fully saturated rings. The van der Waals surface area contributed by atoms with Crippen molar-refractivity contribution in [3.05, 3.63) is 161 Å². The highest BCUT2D eigenvalue weighted by atomic mass is 16.3. The Kier molecular flexibility index (Phi) is 3.37. The molecule has 1 N–H and O–H groups in total. The lowest BCUT2D eigenvalue weighted by Gasteiger charge is -2.56. The standard InChI is InChI=1S/C36H22O/c37-32-21-20-22-10-9-19-31-33(22)34(32)36-29-17-7-3-13-25(29)23-11-1-5-15-27(23)35(31,36)28-16-6-2-12-24(28)26-14-4-8-18-30(26)36/h1-21,37H. The molecule has 0 aliphatic heterocycles. The van der Waals surface area contributed by atoms with Crippen LogP contribution >= 0.6 is 0 Å². The van der Waals surface area contributed by atoms with E-state index < -0.39 is 10.8 Å². The van der Waals surface area contributed by atoms with Gasteiger partial charge >= 0.3 is 0 Å². The minimum absolute atomic E-state index is 0.366. The largest absolute Gasteiger partial charge is 0.508 e. The number of phenolic OH excluding ortho intramolecular Hbond substituents is 1. The number of phenols is 1. The molecule has 37 heavy (non-hydrogen) atoms. The monoisotopic (exact) mass is 470 g/mol. The smallest absolute Gasteiger partial charge is 0.120 e. The maximum Gasteiger partial charge on any atom is 0.120 e. The summed E-state index contributed by atoms with van der Waals surface area (Å²) in [6.07, 6.45) is 0. The van der Waals surface area contributed by atoms with Gasteiger partial charge in [0.15, 0.2) is 0 Å². The Morgan fingerprint density at radius 2 is 0.811 bits per heavy atom. The molecule has 0 bridgehead atoms. The highest BCUT2D eigenvalue weighted by molar-refractivity contribution is 6.06. The van der Waals surface area contributed by atoms with E-state index >= 15 is 0 Å². The van der Waals surface area contributed by atoms with Crippen molar-refractivity contribution in [2.24, 2.45) is 0 Å². The summed E-state index contributed by atoms with van der Waals surface area (Å²) in [5.41, 5.74) is 11.3. The molecule has 0 amide bonds. The fourth-order valence-electron chi connectivity index (χ4n) is 8.29. The van der Waals surface area contributed by atoms with Gasteiger partial charge in [0.05, 0.1) is 10.8 Å². The predicted octanol–water partition coefficient (Wildman–Crippen LogP) is 8.19. The van der Waals surface area contributed by atoms with Crippen LogP contribution in [0.25, 0.3) is 33.0 Å². The average molecular weight is 471 g/mol. The third kappa shape index (κ3) is 1.90. The first-order chi connectivity index (χ1) is 18.3. The molecule has 0 saturated carbocycles. The van der Waals surface area contributed by atoms with E-state index in [1.54, 1.807) is 0 Å². The molecule has 6 aromatic carbocycles. The van der Waals surface area contributed by atoms with Gasteiger partial charge < -0.3 is 5.11 Å². The van der Waals surface area contributed by atoms with Crippen LogP contribution in [0, 0.1) is 0 Å². The summed E-state index contributed by atoms with van der Waals surface area (Å²) in [5, 5.41) is 14.2. The molecule has 1 nitrogen and oxygen atoms in total. The molecular formula is C36H22O. The lowest BCUT2D eigenvalue weighted by atomic mass is 9.43. The quantitative estimate of drug-likeness (QED) is 0.237. The van der Waals surface area contributed by atoms with Crippen LogP contribution in [0.4, 0.5) is 0 Å². The number of hydrogen-bond acceptors (Lipinski definition) is 1. The van der Waals surface area contributed by atoms with E-state index in [0.717, 1.165) is 5.56 Å². The fraction of sp³-hybridized carbons (Fsp3) is 0.0556. The van der Waals surface area contributed by atoms with Crippen LogP contribution in [0.5, 0.6) is 5.75 Å². The van der Waals surface area contributed by atoms with Crippen molar-refractivity contribution >= 4 is 10.8 Å². The molecule has 0 heterocycles. The first-order valence-corrected chi connectivity index (χ1v) is 12.9. The average Bonchev–Trinajstić information content (AvgIpc) is 3.27. The molecule has 3 aliphatic rings. The van der Waals surface area contributed by atoms with Gasteiger partial charge in [-0.1, -0.05) is 121 Å². The Labute approximate surface area is 215 Å². The van der Waals surface area contributed by atoms with E-state index in [9.17, 15) is 5.11 Å². The lowest BCUT2D eigenvalue weighted by molar-refractivity contribution is 0.403. The zero-order valence-electron chi connectivity index (χ0n) is 20.1. The van der Waals surface area contributed by atoms with Gasteiger partial charge in [0.2, 0.25) is 0 Å². The van der Waals surface area contributed by atoms with Gasteiger partial charge in [0.25, 0.3) is 0 Å². The van der Waals surface area contributed by atoms with Crippen LogP contribution in [-0.2, 0) is 10.8 Å². The van der Waals surface area contributed by atoms with Crippen molar-refractivity contribution in [3.8, 4) is 28.0 Å². The van der Waals surface area contributed by atoms with E-state index in [1.807, 2.05) is 6.07 Å². The summed E-state index contributed by atoms with van der Waals surface area (Å²) in [7, 11) is 0. The van der Waals surface area contributed by atoms with E-state index in [2.05, 4.69) is 121 Å². The molecule has 0 spiro atoms. The Morgan fingerprint density at radius 1 is 0.378 bits per heavy atom. The predicted molar refractivity (Wildman–Crippen MR) is 149 cm³/mol. The van der Waals surface area contributed by atoms with Crippen molar-refractivity contribution in [1.29, 1.82) is 0 Å². The molecule has 3 aliphatic carbocycles. The second-order valence-electron chi connectivity index (χ2n) is 10.5. The van der Waals surface area contributed by atoms with Crippen LogP contribution in [0.15, 0.2) is 127 Å². The maximum atomic E-state index is 11.9. The van der Waals surface area contributed by atoms with Crippen LogP contribution in [0.3, 0.4) is 0 Å². The summed E-state index contributed by atoms with van der Waals surface area (Å²) in [5.74, 6) is 0.366. The highest BCUT2D eigenvalue weighted by Crippen LogP contribution is 2.74. The Balaban J connectivity index is 1.69. The second kappa shape index (κ2) is 6.38. The van der Waals surface area contributed by atoms with Crippen LogP contribution in [0.2, 0.25) is 0 Å². The number of benzene rings is 6. The molecule has 9 rings (SSSR count). The van der Waals surface area contributed by atoms with E-state index in [-0.39, 0.29) is 0 Å². The van der Waals surface area contributed by atoms with Crippen LogP contribution < -0.4 is 0 Å². The van der Waals surface area contributed by atoms with Gasteiger partial charge in [-0.05, 0) is 66.9 Å². The molecule has 1 heteroatoms. The van der Waals surface area contributed by atoms with E-state index in [0.29, 0.717) is 5.75 Å². The summed E-state index contributed by atoms with van der Waals surface area (Å²) >= 11 is 0. The molecule has 0 unspecified atom stereocenters. The minimum atomic E-state index is -0.615. The van der Waals surface area contributed by atoms with Crippen molar-refractivity contribution in [2.75, 3.05) is 0 Å². The molecule has 0 radical (unpaired) electrons. The molecular weight excluding hydrogens is 448 g/mol. The molecule has 172 valence electrons. The van der Waals surface area contributed by atoms with E-state index in [1.165, 1.54) is 60.8 Å². The van der Waals surface area contributed by atoms with Crippen LogP contribution in [-0.4, -0.2) is 5.11 Å². The van der Waals surface area contributed by atoms with Crippen molar-refractivity contribution in [3.63, 3.8) is 0 Å². The fourth-order valence-corrected chi connectivity index (χ4v) is 8.29. The summed E-state index contributed by atoms with van der Waals surface area (Å²) in [6.45, 7) is 0. The molecule has 0 saturated heterocycles. The van der Waals surface area contributed by atoms with Gasteiger partial charge in [-0.3, -0.25) is 0 Å². The van der Waals surface area contributed by atoms with Gasteiger partial charge in [0, 0.05) is 5.56 Å². The van der Waals surface area contributed by atoms with Crippen molar-refractivity contribution in [1.82, 2.24) is 0 Å². The molecule has 6 aromatic rings. The topological polar surface area (TPSA) is 20.2 Å². The third-order valence-corrected chi connectivity index (χ3v) is 9.27. The van der Waals surface area contributed by atoms with E-state index in [4.69, 9.17) is 0 Å². The van der Waals surface area contributed by atoms with Gasteiger partial charge in [0.1, 0.15) is 5.75 Å². The first kappa shape index (κ1) is 19.6. The maximum absolute atomic E-state index is 11.9. The van der Waals surface area contributed by atoms with Gasteiger partial charge in [-0.2, -0.15) is 0 Å². The number of rotatable bonds is 0. The number of fused-ring (bicyclic) bond motifs is 6. The lowest BCUT2D eigenvalue weighted by Crippen LogP contribution is -2.54. The number of hydrogen-bond donors (Lipinski definition) is 1. The number of aromatic hydroxyl groups is 1. The Bertz CT molecular complexity index is 1870. The zero-order chi connectivity index (χ0) is 24.4. The summed E-state index contributed by atoms with van der Waals surface area (Å²) in [6, 6.07) is 46.3. The third-order valence-electron chi connectivity index (χ3n) is 9.27. The van der Waals surface area contributed by atoms with Gasteiger partial charge in [-0.15, -0.1) is 0 Å². The van der Waals surface area contributed by atoms with Crippen LogP contribution in [0.1, 0.15) is 33.4 Å². The minimum Gasteiger partial charge on any atom is -0.508 e. The Hall–Kier alpha value is -4.62. The highest BCUT2D eigenvalue weighted by Gasteiger charge is 2.68. The summed E-state index contributed by atoms with van der Waals surface area (Å²) < 4.78 is 0. The van der Waals surface area contributed by atoms with Crippen molar-refractivity contribution in [2.45, 2.75) is 10.8 Å². The normalized spacial score (nSPS) is 21.3.